The lowest BCUT2D eigenvalue weighted by Crippen LogP contribution is -2.31. The number of hydrogen-bond donors (Lipinski definition) is 2. The molecule has 1 aromatic carbocycles. The van der Waals surface area contributed by atoms with Crippen LogP contribution in [0.4, 0.5) is 0 Å². The van der Waals surface area contributed by atoms with Gasteiger partial charge in [0.25, 0.3) is 5.56 Å². The minimum atomic E-state index is -0.580. The summed E-state index contributed by atoms with van der Waals surface area (Å²) in [6, 6.07) is 9.20. The van der Waals surface area contributed by atoms with Crippen LogP contribution in [-0.2, 0) is 11.5 Å². The van der Waals surface area contributed by atoms with E-state index < -0.39 is 11.2 Å². The number of aromatic nitrogens is 2. The predicted octanol–water partition coefficient (Wildman–Crippen LogP) is -0.0972. The molecule has 6 heteroatoms. The first-order chi connectivity index (χ1) is 10.2. The summed E-state index contributed by atoms with van der Waals surface area (Å²) < 4.78 is 6.24. The molecule has 0 saturated heterocycles. The van der Waals surface area contributed by atoms with Crippen LogP contribution in [0.15, 0.2) is 46.1 Å². The number of H-pyrrole nitrogens is 1. The molecule has 0 saturated carbocycles. The van der Waals surface area contributed by atoms with E-state index in [2.05, 4.69) is 16.8 Å². The van der Waals surface area contributed by atoms with Crippen LogP contribution in [0.5, 0.6) is 0 Å². The Labute approximate surface area is 120 Å². The zero-order valence-corrected chi connectivity index (χ0v) is 11.2. The molecule has 0 aliphatic rings. The molecule has 21 heavy (non-hydrogen) atoms. The maximum atomic E-state index is 11.7. The van der Waals surface area contributed by atoms with Crippen LogP contribution in [0, 0.1) is 11.8 Å². The van der Waals surface area contributed by atoms with Crippen LogP contribution in [0.1, 0.15) is 11.1 Å². The molecule has 0 atom stereocenters. The first-order valence-corrected chi connectivity index (χ1v) is 6.30. The Morgan fingerprint density at radius 1 is 1.19 bits per heavy atom. The Morgan fingerprint density at radius 3 is 2.67 bits per heavy atom. The van der Waals surface area contributed by atoms with Crippen molar-refractivity contribution in [3.8, 4) is 11.8 Å². The number of nitrogens with zero attached hydrogens (tertiary/aromatic N) is 1. The van der Waals surface area contributed by atoms with Gasteiger partial charge in [0.1, 0.15) is 12.3 Å². The van der Waals surface area contributed by atoms with Gasteiger partial charge in [-0.1, -0.05) is 30.0 Å². The van der Waals surface area contributed by atoms with E-state index in [1.165, 1.54) is 10.8 Å². The summed E-state index contributed by atoms with van der Waals surface area (Å²) in [5, 5.41) is 8.63. The minimum absolute atomic E-state index is 0.0593. The van der Waals surface area contributed by atoms with Gasteiger partial charge in [0.2, 0.25) is 0 Å². The van der Waals surface area contributed by atoms with Gasteiger partial charge in [-0.3, -0.25) is 14.3 Å². The van der Waals surface area contributed by atoms with E-state index in [-0.39, 0.29) is 25.5 Å². The van der Waals surface area contributed by atoms with Gasteiger partial charge < -0.3 is 9.84 Å². The van der Waals surface area contributed by atoms with Crippen molar-refractivity contribution in [3.05, 3.63) is 68.5 Å². The molecule has 2 rings (SSSR count). The third-order valence-corrected chi connectivity index (χ3v) is 2.59. The highest BCUT2D eigenvalue weighted by molar-refractivity contribution is 5.40. The van der Waals surface area contributed by atoms with Gasteiger partial charge in [-0.05, 0) is 12.1 Å². The van der Waals surface area contributed by atoms with E-state index in [1.54, 1.807) is 0 Å². The summed E-state index contributed by atoms with van der Waals surface area (Å²) >= 11 is 0. The molecule has 1 heterocycles. The number of aliphatic hydroxyl groups is 1. The maximum absolute atomic E-state index is 11.7. The Balaban J connectivity index is 2.28. The molecule has 0 amide bonds. The van der Waals surface area contributed by atoms with Crippen LogP contribution < -0.4 is 11.2 Å². The van der Waals surface area contributed by atoms with Crippen molar-refractivity contribution in [1.29, 1.82) is 0 Å². The fourth-order valence-corrected chi connectivity index (χ4v) is 1.58. The fraction of sp³-hybridized carbons (Fsp3) is 0.200. The van der Waals surface area contributed by atoms with Gasteiger partial charge in [-0.15, -0.1) is 0 Å². The van der Waals surface area contributed by atoms with Gasteiger partial charge >= 0.3 is 5.69 Å². The molecule has 0 radical (unpaired) electrons. The van der Waals surface area contributed by atoms with Crippen LogP contribution in [-0.4, -0.2) is 27.9 Å². The van der Waals surface area contributed by atoms with Crippen molar-refractivity contribution in [3.63, 3.8) is 0 Å². The molecule has 6 nitrogen and oxygen atoms in total. The van der Waals surface area contributed by atoms with Gasteiger partial charge in [0.15, 0.2) is 0 Å². The average molecular weight is 286 g/mol. The molecule has 0 fully saturated rings. The van der Waals surface area contributed by atoms with E-state index in [4.69, 9.17) is 9.84 Å². The minimum Gasteiger partial charge on any atom is -0.394 e. The third kappa shape index (κ3) is 4.18. The SMILES string of the molecule is O=c1[nH]c(=O)n(COCCO)cc1C#Cc1ccccc1. The lowest BCUT2D eigenvalue weighted by Gasteiger charge is -2.05. The largest absolute Gasteiger partial charge is 0.394 e. The molecule has 0 unspecified atom stereocenters. The summed E-state index contributed by atoms with van der Waals surface area (Å²) in [7, 11) is 0. The monoisotopic (exact) mass is 286 g/mol. The first-order valence-electron chi connectivity index (χ1n) is 6.30. The van der Waals surface area contributed by atoms with E-state index in [0.717, 1.165) is 5.56 Å². The molecule has 2 N–H and O–H groups in total. The standard InChI is InChI=1S/C15H14N2O4/c18-8-9-21-11-17-10-13(14(19)16-15(17)20)7-6-12-4-2-1-3-5-12/h1-5,10,18H,8-9,11H2,(H,16,19,20). The fourth-order valence-electron chi connectivity index (χ4n) is 1.58. The van der Waals surface area contributed by atoms with Crippen molar-refractivity contribution in [1.82, 2.24) is 9.55 Å². The number of nitrogens with one attached hydrogen (secondary N) is 1. The Kier molecular flexibility index (Phi) is 5.10. The quantitative estimate of drug-likeness (QED) is 0.607. The predicted molar refractivity (Wildman–Crippen MR) is 76.8 cm³/mol. The summed E-state index contributed by atoms with van der Waals surface area (Å²) in [4.78, 5) is 25.4. The highest BCUT2D eigenvalue weighted by Gasteiger charge is 2.02. The summed E-state index contributed by atoms with van der Waals surface area (Å²) in [5.41, 5.74) is -0.178. The average Bonchev–Trinajstić information content (AvgIpc) is 2.49. The van der Waals surface area contributed by atoms with Crippen LogP contribution in [0.3, 0.4) is 0 Å². The molecule has 0 aliphatic carbocycles. The second kappa shape index (κ2) is 7.24. The van der Waals surface area contributed by atoms with Crippen LogP contribution >= 0.6 is 0 Å². The maximum Gasteiger partial charge on any atom is 0.330 e. The number of benzene rings is 1. The summed E-state index contributed by atoms with van der Waals surface area (Å²) in [6.45, 7) is -0.0917. The van der Waals surface area contributed by atoms with Gasteiger partial charge in [-0.2, -0.15) is 0 Å². The van der Waals surface area contributed by atoms with Crippen molar-refractivity contribution in [2.75, 3.05) is 13.2 Å². The Hall–Kier alpha value is -2.62. The lowest BCUT2D eigenvalue weighted by atomic mass is 10.2. The summed E-state index contributed by atoms with van der Waals surface area (Å²) in [5.74, 6) is 5.58. The molecule has 108 valence electrons. The number of hydrogen-bond acceptors (Lipinski definition) is 4. The number of rotatable bonds is 4. The van der Waals surface area contributed by atoms with Crippen molar-refractivity contribution in [2.45, 2.75) is 6.73 Å². The zero-order valence-electron chi connectivity index (χ0n) is 11.2. The van der Waals surface area contributed by atoms with E-state index >= 15 is 0 Å². The van der Waals surface area contributed by atoms with Crippen molar-refractivity contribution >= 4 is 0 Å². The van der Waals surface area contributed by atoms with Gasteiger partial charge in [0, 0.05) is 11.8 Å². The third-order valence-electron chi connectivity index (χ3n) is 2.59. The second-order valence-electron chi connectivity index (χ2n) is 4.15. The topological polar surface area (TPSA) is 84.3 Å². The molecule has 1 aromatic heterocycles. The molecule has 0 spiro atoms. The van der Waals surface area contributed by atoms with E-state index in [9.17, 15) is 9.59 Å². The molecular formula is C15H14N2O4. The van der Waals surface area contributed by atoms with Gasteiger partial charge in [-0.25, -0.2) is 4.79 Å². The highest BCUT2D eigenvalue weighted by Crippen LogP contribution is 1.96. The smallest absolute Gasteiger partial charge is 0.330 e. The Bertz CT molecular complexity index is 766. The highest BCUT2D eigenvalue weighted by atomic mass is 16.5. The zero-order chi connectivity index (χ0) is 15.1. The second-order valence-corrected chi connectivity index (χ2v) is 4.15. The van der Waals surface area contributed by atoms with Crippen LogP contribution in [0.2, 0.25) is 0 Å². The van der Waals surface area contributed by atoms with Crippen molar-refractivity contribution < 1.29 is 9.84 Å². The molecule has 2 aromatic rings. The van der Waals surface area contributed by atoms with E-state index in [1.807, 2.05) is 30.3 Å². The lowest BCUT2D eigenvalue weighted by molar-refractivity contribution is 0.0456. The normalized spacial score (nSPS) is 9.95. The number of ether oxygens (including phenoxy) is 1. The number of aromatic amines is 1. The molecular weight excluding hydrogens is 272 g/mol. The Morgan fingerprint density at radius 2 is 1.95 bits per heavy atom. The van der Waals surface area contributed by atoms with Gasteiger partial charge in [0.05, 0.1) is 13.2 Å². The first kappa shape index (κ1) is 14.8. The summed E-state index contributed by atoms with van der Waals surface area (Å²) in [6.07, 6.45) is 1.34. The van der Waals surface area contributed by atoms with E-state index in [0.29, 0.717) is 0 Å². The van der Waals surface area contributed by atoms with Crippen LogP contribution in [0.25, 0.3) is 0 Å². The molecule has 0 bridgehead atoms. The van der Waals surface area contributed by atoms with Crippen molar-refractivity contribution in [2.24, 2.45) is 0 Å². The molecule has 0 aliphatic heterocycles. The number of aliphatic hydroxyl groups excluding tert-OH is 1.